The van der Waals surface area contributed by atoms with E-state index in [1.165, 1.54) is 11.1 Å². The molecule has 2 aromatic carbocycles. The Bertz CT molecular complexity index is 961. The molecule has 3 unspecified atom stereocenters. The van der Waals surface area contributed by atoms with Gasteiger partial charge in [-0.15, -0.1) is 0 Å². The highest BCUT2D eigenvalue weighted by Gasteiger charge is 2.46. The van der Waals surface area contributed by atoms with E-state index in [2.05, 4.69) is 48.1 Å². The van der Waals surface area contributed by atoms with Crippen LogP contribution in [0, 0.1) is 6.92 Å². The van der Waals surface area contributed by atoms with E-state index in [1.807, 2.05) is 37.3 Å². The Morgan fingerprint density at radius 1 is 1.18 bits per heavy atom. The predicted octanol–water partition coefficient (Wildman–Crippen LogP) is 4.58. The zero-order valence-corrected chi connectivity index (χ0v) is 20.5. The van der Waals surface area contributed by atoms with E-state index in [1.54, 1.807) is 7.11 Å². The molecule has 2 aliphatic heterocycles. The number of carbonyl (C=O) groups is 2. The van der Waals surface area contributed by atoms with Crippen molar-refractivity contribution in [2.45, 2.75) is 64.6 Å². The molecule has 0 aromatic heterocycles. The Balaban J connectivity index is 0.000000257. The number of rotatable bonds is 6. The largest absolute Gasteiger partial charge is 0.497 e. The van der Waals surface area contributed by atoms with E-state index < -0.39 is 0 Å². The molecule has 0 aliphatic carbocycles. The second-order valence-electron chi connectivity index (χ2n) is 8.87. The van der Waals surface area contributed by atoms with Crippen LogP contribution in [0.25, 0.3) is 0 Å². The SMILES string of the molecule is CCCC1C(=O)N2CCc3cc(OC)ccc3C2C(CC)N1C.Cc1cccc(NC=O)c1. The Hall–Kier alpha value is -2.86. The van der Waals surface area contributed by atoms with Crippen molar-refractivity contribution < 1.29 is 14.3 Å². The fourth-order valence-corrected chi connectivity index (χ4v) is 5.16. The van der Waals surface area contributed by atoms with Crippen molar-refractivity contribution in [2.75, 3.05) is 26.0 Å². The molecule has 6 nitrogen and oxygen atoms in total. The zero-order chi connectivity index (χ0) is 24.0. The van der Waals surface area contributed by atoms with Crippen LogP contribution in [0.3, 0.4) is 0 Å². The zero-order valence-electron chi connectivity index (χ0n) is 20.5. The molecule has 178 valence electrons. The molecule has 3 atom stereocenters. The van der Waals surface area contributed by atoms with E-state index in [0.29, 0.717) is 18.4 Å². The first-order valence-corrected chi connectivity index (χ1v) is 11.9. The van der Waals surface area contributed by atoms with Crippen LogP contribution >= 0.6 is 0 Å². The number of hydrogen-bond acceptors (Lipinski definition) is 4. The molecule has 2 aliphatic rings. The average Bonchev–Trinajstić information content (AvgIpc) is 2.82. The van der Waals surface area contributed by atoms with Gasteiger partial charge in [-0.05, 0) is 74.2 Å². The number of amides is 2. The molecule has 33 heavy (non-hydrogen) atoms. The van der Waals surface area contributed by atoms with Crippen LogP contribution in [0.15, 0.2) is 42.5 Å². The molecule has 0 spiro atoms. The maximum absolute atomic E-state index is 13.0. The molecule has 4 rings (SSSR count). The summed E-state index contributed by atoms with van der Waals surface area (Å²) in [6, 6.07) is 14.6. The smallest absolute Gasteiger partial charge is 0.240 e. The van der Waals surface area contributed by atoms with Crippen molar-refractivity contribution in [1.82, 2.24) is 9.80 Å². The lowest BCUT2D eigenvalue weighted by Crippen LogP contribution is -2.62. The Morgan fingerprint density at radius 2 is 1.97 bits per heavy atom. The molecule has 2 amide bonds. The second kappa shape index (κ2) is 11.3. The highest BCUT2D eigenvalue weighted by Crippen LogP contribution is 2.41. The maximum Gasteiger partial charge on any atom is 0.240 e. The van der Waals surface area contributed by atoms with Gasteiger partial charge in [-0.25, -0.2) is 0 Å². The molecular weight excluding hydrogens is 414 g/mol. The molecule has 1 saturated heterocycles. The Morgan fingerprint density at radius 3 is 2.61 bits per heavy atom. The van der Waals surface area contributed by atoms with E-state index >= 15 is 0 Å². The first-order valence-electron chi connectivity index (χ1n) is 11.9. The summed E-state index contributed by atoms with van der Waals surface area (Å²) in [5.74, 6) is 1.22. The van der Waals surface area contributed by atoms with Crippen molar-refractivity contribution >= 4 is 18.0 Å². The minimum absolute atomic E-state index is 0.0426. The van der Waals surface area contributed by atoms with Gasteiger partial charge in [0.05, 0.1) is 19.2 Å². The quantitative estimate of drug-likeness (QED) is 0.653. The third-order valence-corrected chi connectivity index (χ3v) is 6.80. The summed E-state index contributed by atoms with van der Waals surface area (Å²) in [4.78, 5) is 27.5. The highest BCUT2D eigenvalue weighted by atomic mass is 16.5. The first-order chi connectivity index (χ1) is 15.9. The Kier molecular flexibility index (Phi) is 8.50. The van der Waals surface area contributed by atoms with Crippen LogP contribution in [0.2, 0.25) is 0 Å². The molecule has 2 heterocycles. The second-order valence-corrected chi connectivity index (χ2v) is 8.87. The predicted molar refractivity (Wildman–Crippen MR) is 133 cm³/mol. The van der Waals surface area contributed by atoms with Crippen molar-refractivity contribution in [3.8, 4) is 5.75 Å². The van der Waals surface area contributed by atoms with Crippen molar-refractivity contribution in [2.24, 2.45) is 0 Å². The van der Waals surface area contributed by atoms with Crippen molar-refractivity contribution in [3.63, 3.8) is 0 Å². The molecule has 1 N–H and O–H groups in total. The fourth-order valence-electron chi connectivity index (χ4n) is 5.16. The third-order valence-electron chi connectivity index (χ3n) is 6.80. The van der Waals surface area contributed by atoms with Gasteiger partial charge >= 0.3 is 0 Å². The summed E-state index contributed by atoms with van der Waals surface area (Å²) in [5, 5.41) is 2.57. The number of carbonyl (C=O) groups excluding carboxylic acids is 2. The molecule has 0 saturated carbocycles. The number of benzene rings is 2. The summed E-state index contributed by atoms with van der Waals surface area (Å²) in [6.07, 6.45) is 4.65. The number of likely N-dealkylation sites (N-methyl/N-ethyl adjacent to an activating group) is 1. The lowest BCUT2D eigenvalue weighted by Gasteiger charge is -2.52. The van der Waals surface area contributed by atoms with Crippen molar-refractivity contribution in [3.05, 3.63) is 59.2 Å². The van der Waals surface area contributed by atoms with Gasteiger partial charge in [0.2, 0.25) is 12.3 Å². The monoisotopic (exact) mass is 451 g/mol. The van der Waals surface area contributed by atoms with Crippen LogP contribution in [0.1, 0.15) is 55.8 Å². The number of nitrogens with one attached hydrogen (secondary N) is 1. The van der Waals surface area contributed by atoms with Gasteiger partial charge in [0.1, 0.15) is 5.75 Å². The number of anilines is 1. The maximum atomic E-state index is 13.0. The van der Waals surface area contributed by atoms with Gasteiger partial charge in [0.15, 0.2) is 0 Å². The number of fused-ring (bicyclic) bond motifs is 3. The van der Waals surface area contributed by atoms with Crippen molar-refractivity contribution in [1.29, 1.82) is 0 Å². The van der Waals surface area contributed by atoms with Crippen LogP contribution in [0.4, 0.5) is 5.69 Å². The lowest BCUT2D eigenvalue weighted by atomic mass is 9.82. The summed E-state index contributed by atoms with van der Waals surface area (Å²) >= 11 is 0. The van der Waals surface area contributed by atoms with E-state index in [9.17, 15) is 9.59 Å². The van der Waals surface area contributed by atoms with Crippen LogP contribution in [0.5, 0.6) is 5.75 Å². The minimum Gasteiger partial charge on any atom is -0.497 e. The Labute approximate surface area is 197 Å². The minimum atomic E-state index is 0.0426. The number of ether oxygens (including phenoxy) is 1. The number of methoxy groups -OCH3 is 1. The normalized spacial score (nSPS) is 21.9. The first kappa shape index (κ1) is 24.8. The van der Waals surface area contributed by atoms with E-state index in [0.717, 1.165) is 49.2 Å². The fraction of sp³-hybridized carbons (Fsp3) is 0.481. The van der Waals surface area contributed by atoms with E-state index in [4.69, 9.17) is 4.74 Å². The summed E-state index contributed by atoms with van der Waals surface area (Å²) in [5.41, 5.74) is 4.63. The van der Waals surface area contributed by atoms with Gasteiger partial charge in [0.25, 0.3) is 0 Å². The van der Waals surface area contributed by atoms with Crippen LogP contribution < -0.4 is 10.1 Å². The third kappa shape index (κ3) is 5.38. The number of piperazine rings is 1. The topological polar surface area (TPSA) is 61.9 Å². The molecule has 0 radical (unpaired) electrons. The summed E-state index contributed by atoms with van der Waals surface area (Å²) in [7, 11) is 3.83. The number of nitrogens with zero attached hydrogens (tertiary/aromatic N) is 2. The standard InChI is InChI=1S/C19H28N2O2.C8H9NO/c1-5-7-17-19(22)21-11-10-13-12-14(23-4)8-9-15(13)18(21)16(6-2)20(17)3;1-7-3-2-4-8(5-7)9-6-10/h8-9,12,16-18H,5-7,10-11H2,1-4H3;2-6H,1H3,(H,9,10). The van der Waals surface area contributed by atoms with Gasteiger partial charge in [-0.3, -0.25) is 14.5 Å². The van der Waals surface area contributed by atoms with E-state index in [-0.39, 0.29) is 12.1 Å². The average molecular weight is 452 g/mol. The van der Waals surface area contributed by atoms with Crippen LogP contribution in [-0.4, -0.2) is 54.9 Å². The summed E-state index contributed by atoms with van der Waals surface area (Å²) < 4.78 is 5.37. The molecule has 1 fully saturated rings. The molecular formula is C27H37N3O3. The highest BCUT2D eigenvalue weighted by molar-refractivity contribution is 5.84. The van der Waals surface area contributed by atoms with Gasteiger partial charge in [0, 0.05) is 18.3 Å². The van der Waals surface area contributed by atoms with Gasteiger partial charge in [-0.2, -0.15) is 0 Å². The molecule has 0 bridgehead atoms. The lowest BCUT2D eigenvalue weighted by molar-refractivity contribution is -0.151. The van der Waals surface area contributed by atoms with Gasteiger partial charge in [-0.1, -0.05) is 38.5 Å². The molecule has 6 heteroatoms. The molecule has 2 aromatic rings. The van der Waals surface area contributed by atoms with Gasteiger partial charge < -0.3 is 15.0 Å². The van der Waals surface area contributed by atoms with Crippen LogP contribution in [-0.2, 0) is 16.0 Å². The number of aryl methyl sites for hydroxylation is 1. The number of hydrogen-bond donors (Lipinski definition) is 1. The summed E-state index contributed by atoms with van der Waals surface area (Å²) in [6.45, 7) is 7.20.